The van der Waals surface area contributed by atoms with Crippen molar-refractivity contribution in [3.05, 3.63) is 35.9 Å². The number of unbranched alkanes of at least 4 members (excludes halogenated alkanes) is 1. The van der Waals surface area contributed by atoms with Crippen LogP contribution in [0.3, 0.4) is 0 Å². The molecule has 4 nitrogen and oxygen atoms in total. The Morgan fingerprint density at radius 1 is 1.12 bits per heavy atom. The summed E-state index contributed by atoms with van der Waals surface area (Å²) in [5.41, 5.74) is 1.02. The number of ether oxygens (including phenoxy) is 1. The fourth-order valence-corrected chi connectivity index (χ4v) is 2.40. The molecule has 0 spiro atoms. The van der Waals surface area contributed by atoms with E-state index in [-0.39, 0.29) is 17.9 Å². The van der Waals surface area contributed by atoms with Gasteiger partial charge in [0.05, 0.1) is 0 Å². The standard InChI is InChI=1S/C20H31NO3/c1-16(18(22)14-20(2,3)4)10-8-9-13-21-19(23)24-15-17-11-6-5-7-12-17/h5-7,11-12,16H,8-10,13-15H2,1-4H3,(H,21,23). The first kappa shape index (κ1) is 20.2. The first-order valence-corrected chi connectivity index (χ1v) is 8.75. The van der Waals surface area contributed by atoms with Crippen LogP contribution in [0.1, 0.15) is 58.9 Å². The number of rotatable bonds is 9. The molecule has 134 valence electrons. The third-order valence-corrected chi connectivity index (χ3v) is 3.80. The second-order valence-electron chi connectivity index (χ2n) is 7.59. The van der Waals surface area contributed by atoms with Gasteiger partial charge in [0.2, 0.25) is 0 Å². The molecule has 0 heterocycles. The fourth-order valence-electron chi connectivity index (χ4n) is 2.40. The predicted octanol–water partition coefficient (Wildman–Crippen LogP) is 4.72. The molecule has 0 bridgehead atoms. The van der Waals surface area contributed by atoms with Gasteiger partial charge in [0.25, 0.3) is 0 Å². The Bertz CT molecular complexity index is 505. The Balaban J connectivity index is 2.09. The van der Waals surface area contributed by atoms with Gasteiger partial charge in [-0.2, -0.15) is 0 Å². The van der Waals surface area contributed by atoms with Crippen molar-refractivity contribution in [1.29, 1.82) is 0 Å². The number of benzene rings is 1. The summed E-state index contributed by atoms with van der Waals surface area (Å²) < 4.78 is 5.14. The summed E-state index contributed by atoms with van der Waals surface area (Å²) in [7, 11) is 0. The zero-order valence-corrected chi connectivity index (χ0v) is 15.4. The van der Waals surface area contributed by atoms with Gasteiger partial charge in [-0.1, -0.05) is 64.4 Å². The lowest BCUT2D eigenvalue weighted by Gasteiger charge is -2.19. The molecule has 0 aliphatic carbocycles. The second-order valence-corrected chi connectivity index (χ2v) is 7.59. The lowest BCUT2D eigenvalue weighted by atomic mass is 9.85. The number of ketones is 1. The number of carbonyl (C=O) groups is 2. The van der Waals surface area contributed by atoms with Gasteiger partial charge in [-0.25, -0.2) is 4.79 Å². The van der Waals surface area contributed by atoms with Crippen LogP contribution in [0, 0.1) is 11.3 Å². The van der Waals surface area contributed by atoms with Crippen molar-refractivity contribution in [3.63, 3.8) is 0 Å². The van der Waals surface area contributed by atoms with Crippen LogP contribution in [0.25, 0.3) is 0 Å². The summed E-state index contributed by atoms with van der Waals surface area (Å²) >= 11 is 0. The van der Waals surface area contributed by atoms with Crippen LogP contribution in [0.4, 0.5) is 4.79 Å². The number of hydrogen-bond donors (Lipinski definition) is 1. The van der Waals surface area contributed by atoms with Crippen LogP contribution >= 0.6 is 0 Å². The summed E-state index contributed by atoms with van der Waals surface area (Å²) in [5, 5.41) is 2.75. The van der Waals surface area contributed by atoms with E-state index in [9.17, 15) is 9.59 Å². The summed E-state index contributed by atoms with van der Waals surface area (Å²) in [6.45, 7) is 9.11. The number of nitrogens with one attached hydrogen (secondary N) is 1. The highest BCUT2D eigenvalue weighted by atomic mass is 16.5. The van der Waals surface area contributed by atoms with E-state index in [0.29, 0.717) is 18.7 Å². The average molecular weight is 333 g/mol. The molecule has 1 N–H and O–H groups in total. The van der Waals surface area contributed by atoms with Gasteiger partial charge >= 0.3 is 6.09 Å². The van der Waals surface area contributed by atoms with Crippen molar-refractivity contribution < 1.29 is 14.3 Å². The Morgan fingerprint density at radius 3 is 2.42 bits per heavy atom. The highest BCUT2D eigenvalue weighted by molar-refractivity contribution is 5.81. The molecule has 0 aliphatic rings. The molecule has 0 fully saturated rings. The van der Waals surface area contributed by atoms with E-state index in [1.54, 1.807) is 0 Å². The Hall–Kier alpha value is -1.84. The van der Waals surface area contributed by atoms with Crippen LogP contribution in [-0.2, 0) is 16.1 Å². The van der Waals surface area contributed by atoms with E-state index in [4.69, 9.17) is 4.74 Å². The maximum atomic E-state index is 12.1. The largest absolute Gasteiger partial charge is 0.445 e. The minimum atomic E-state index is -0.393. The maximum Gasteiger partial charge on any atom is 0.407 e. The second kappa shape index (κ2) is 10.1. The molecule has 1 rings (SSSR count). The zero-order valence-electron chi connectivity index (χ0n) is 15.4. The molecule has 0 saturated carbocycles. The molecule has 0 saturated heterocycles. The van der Waals surface area contributed by atoms with Crippen molar-refractivity contribution in [2.45, 2.75) is 60.0 Å². The molecule has 0 aliphatic heterocycles. The molecule has 1 aromatic rings. The molecule has 1 amide bonds. The van der Waals surface area contributed by atoms with Crippen LogP contribution in [0.15, 0.2) is 30.3 Å². The molecule has 1 aromatic carbocycles. The van der Waals surface area contributed by atoms with Gasteiger partial charge in [-0.05, 0) is 23.8 Å². The lowest BCUT2D eigenvalue weighted by molar-refractivity contribution is -0.124. The molecule has 0 radical (unpaired) electrons. The molecule has 1 atom stereocenters. The van der Waals surface area contributed by atoms with Crippen LogP contribution in [0.2, 0.25) is 0 Å². The smallest absolute Gasteiger partial charge is 0.407 e. The average Bonchev–Trinajstić information content (AvgIpc) is 2.51. The third-order valence-electron chi connectivity index (χ3n) is 3.80. The normalized spacial score (nSPS) is 12.5. The van der Waals surface area contributed by atoms with Crippen molar-refractivity contribution in [1.82, 2.24) is 5.32 Å². The summed E-state index contributed by atoms with van der Waals surface area (Å²) in [6.07, 6.45) is 2.88. The van der Waals surface area contributed by atoms with Crippen LogP contribution in [0.5, 0.6) is 0 Å². The minimum absolute atomic E-state index is 0.0510. The predicted molar refractivity (Wildman–Crippen MR) is 96.7 cm³/mol. The van der Waals surface area contributed by atoms with Gasteiger partial charge in [-0.3, -0.25) is 4.79 Å². The van der Waals surface area contributed by atoms with Gasteiger partial charge in [0, 0.05) is 18.9 Å². The quantitative estimate of drug-likeness (QED) is 0.665. The van der Waals surface area contributed by atoms with E-state index in [2.05, 4.69) is 26.1 Å². The van der Waals surface area contributed by atoms with E-state index in [0.717, 1.165) is 24.8 Å². The topological polar surface area (TPSA) is 55.4 Å². The minimum Gasteiger partial charge on any atom is -0.445 e. The zero-order chi connectivity index (χ0) is 18.0. The van der Waals surface area contributed by atoms with E-state index in [1.807, 2.05) is 37.3 Å². The van der Waals surface area contributed by atoms with Gasteiger partial charge in [-0.15, -0.1) is 0 Å². The van der Waals surface area contributed by atoms with Crippen molar-refractivity contribution in [2.75, 3.05) is 6.54 Å². The fraction of sp³-hybridized carbons (Fsp3) is 0.600. The van der Waals surface area contributed by atoms with Crippen molar-refractivity contribution in [3.8, 4) is 0 Å². The highest BCUT2D eigenvalue weighted by Crippen LogP contribution is 2.22. The van der Waals surface area contributed by atoms with Crippen LogP contribution < -0.4 is 5.32 Å². The molecule has 1 unspecified atom stereocenters. The van der Waals surface area contributed by atoms with Gasteiger partial charge in [0.1, 0.15) is 12.4 Å². The SMILES string of the molecule is CC(CCCCNC(=O)OCc1ccccc1)C(=O)CC(C)(C)C. The third kappa shape index (κ3) is 9.33. The van der Waals surface area contributed by atoms with Crippen molar-refractivity contribution >= 4 is 11.9 Å². The maximum absolute atomic E-state index is 12.1. The van der Waals surface area contributed by atoms with Gasteiger partial charge < -0.3 is 10.1 Å². The molecule has 4 heteroatoms. The number of carbonyl (C=O) groups excluding carboxylic acids is 2. The summed E-state index contributed by atoms with van der Waals surface area (Å²) in [6, 6.07) is 9.60. The number of amides is 1. The van der Waals surface area contributed by atoms with Gasteiger partial charge in [0.15, 0.2) is 0 Å². The Labute approximate surface area is 146 Å². The molecule has 0 aromatic heterocycles. The number of Topliss-reactive ketones (excluding diaryl/α,β-unsaturated/α-hetero) is 1. The Morgan fingerprint density at radius 2 is 1.79 bits per heavy atom. The van der Waals surface area contributed by atoms with E-state index >= 15 is 0 Å². The summed E-state index contributed by atoms with van der Waals surface area (Å²) in [5.74, 6) is 0.423. The first-order valence-electron chi connectivity index (χ1n) is 8.75. The molecular weight excluding hydrogens is 302 g/mol. The summed E-state index contributed by atoms with van der Waals surface area (Å²) in [4.78, 5) is 23.7. The van der Waals surface area contributed by atoms with E-state index < -0.39 is 6.09 Å². The number of hydrogen-bond acceptors (Lipinski definition) is 3. The van der Waals surface area contributed by atoms with Crippen LogP contribution in [-0.4, -0.2) is 18.4 Å². The van der Waals surface area contributed by atoms with E-state index in [1.165, 1.54) is 0 Å². The molecular formula is C20H31NO3. The molecule has 24 heavy (non-hydrogen) atoms. The Kier molecular flexibility index (Phi) is 8.51. The first-order chi connectivity index (χ1) is 11.3. The number of alkyl carbamates (subject to hydrolysis) is 1. The monoisotopic (exact) mass is 333 g/mol. The van der Waals surface area contributed by atoms with Crippen molar-refractivity contribution in [2.24, 2.45) is 11.3 Å². The lowest BCUT2D eigenvalue weighted by Crippen LogP contribution is -2.25. The highest BCUT2D eigenvalue weighted by Gasteiger charge is 2.20.